The molecule has 4 nitrogen and oxygen atoms in total. The van der Waals surface area contributed by atoms with Crippen LogP contribution in [-0.2, 0) is 4.79 Å². The average Bonchev–Trinajstić information content (AvgIpc) is 2.42. The van der Waals surface area contributed by atoms with Gasteiger partial charge < -0.3 is 10.4 Å². The lowest BCUT2D eigenvalue weighted by molar-refractivity contribution is -0.118. The summed E-state index contributed by atoms with van der Waals surface area (Å²) in [5.41, 5.74) is 1.92. The number of likely N-dealkylation sites (N-methyl/N-ethyl adjacent to an activating group) is 1. The Bertz CT molecular complexity index is 507. The fourth-order valence-electron chi connectivity index (χ4n) is 2.91. The van der Waals surface area contributed by atoms with E-state index in [4.69, 9.17) is 0 Å². The number of nitrogens with zero attached hydrogens (tertiary/aromatic N) is 1. The molecule has 0 aromatic heterocycles. The van der Waals surface area contributed by atoms with Crippen molar-refractivity contribution in [1.82, 2.24) is 4.90 Å². The summed E-state index contributed by atoms with van der Waals surface area (Å²) in [4.78, 5) is 14.1. The molecule has 21 heavy (non-hydrogen) atoms. The number of hydrogen-bond donors (Lipinski definition) is 2. The highest BCUT2D eigenvalue weighted by Crippen LogP contribution is 2.22. The van der Waals surface area contributed by atoms with E-state index in [0.717, 1.165) is 40.5 Å². The number of aryl methyl sites for hydroxylation is 1. The molecular formula is C16H23IN2O2. The van der Waals surface area contributed by atoms with Gasteiger partial charge in [0.05, 0.1) is 12.6 Å². The van der Waals surface area contributed by atoms with Gasteiger partial charge in [0, 0.05) is 15.3 Å². The molecule has 1 aromatic carbocycles. The predicted octanol–water partition coefficient (Wildman–Crippen LogP) is 2.77. The molecule has 1 fully saturated rings. The Morgan fingerprint density at radius 2 is 2.14 bits per heavy atom. The van der Waals surface area contributed by atoms with Gasteiger partial charge in [-0.2, -0.15) is 0 Å². The summed E-state index contributed by atoms with van der Waals surface area (Å²) in [5, 5.41) is 13.0. The Balaban J connectivity index is 1.91. The highest BCUT2D eigenvalue weighted by atomic mass is 127. The average molecular weight is 402 g/mol. The van der Waals surface area contributed by atoms with E-state index in [0.29, 0.717) is 6.54 Å². The van der Waals surface area contributed by atoms with Crippen LogP contribution in [-0.4, -0.2) is 41.7 Å². The number of nitrogens with one attached hydrogen (secondary N) is 1. The lowest BCUT2D eigenvalue weighted by Crippen LogP contribution is -2.46. The molecule has 116 valence electrons. The monoisotopic (exact) mass is 402 g/mol. The van der Waals surface area contributed by atoms with Crippen molar-refractivity contribution in [3.8, 4) is 0 Å². The normalized spacial score (nSPS) is 22.3. The zero-order valence-corrected chi connectivity index (χ0v) is 14.8. The van der Waals surface area contributed by atoms with Gasteiger partial charge in [0.25, 0.3) is 0 Å². The molecule has 0 heterocycles. The van der Waals surface area contributed by atoms with E-state index in [-0.39, 0.29) is 18.1 Å². The number of aliphatic hydroxyl groups is 1. The van der Waals surface area contributed by atoms with E-state index in [2.05, 4.69) is 27.9 Å². The van der Waals surface area contributed by atoms with Gasteiger partial charge in [-0.1, -0.05) is 12.8 Å². The molecule has 1 saturated carbocycles. The molecule has 1 aliphatic carbocycles. The first-order valence-corrected chi connectivity index (χ1v) is 8.49. The highest BCUT2D eigenvalue weighted by molar-refractivity contribution is 14.1. The molecular weight excluding hydrogens is 379 g/mol. The Kier molecular flexibility index (Phi) is 6.01. The third-order valence-electron chi connectivity index (χ3n) is 4.12. The van der Waals surface area contributed by atoms with E-state index in [1.165, 1.54) is 0 Å². The maximum absolute atomic E-state index is 12.2. The summed E-state index contributed by atoms with van der Waals surface area (Å²) < 4.78 is 1.16. The van der Waals surface area contributed by atoms with Gasteiger partial charge in [0.15, 0.2) is 0 Å². The van der Waals surface area contributed by atoms with E-state index in [1.807, 2.05) is 37.1 Å². The number of carbonyl (C=O) groups is 1. The number of rotatable bonds is 4. The number of benzene rings is 1. The first kappa shape index (κ1) is 16.7. The minimum absolute atomic E-state index is 0.0282. The van der Waals surface area contributed by atoms with Gasteiger partial charge in [-0.25, -0.2) is 0 Å². The Morgan fingerprint density at radius 3 is 2.81 bits per heavy atom. The van der Waals surface area contributed by atoms with Crippen molar-refractivity contribution in [1.29, 1.82) is 0 Å². The summed E-state index contributed by atoms with van der Waals surface area (Å²) in [6.07, 6.45) is 3.71. The standard InChI is InChI=1S/C16H23IN2O2/c1-11-9-12(17)7-8-13(11)18-16(21)10-19(2)14-5-3-4-6-15(14)20/h7-9,14-15,20H,3-6,10H2,1-2H3,(H,18,21). The summed E-state index contributed by atoms with van der Waals surface area (Å²) in [7, 11) is 1.92. The zero-order chi connectivity index (χ0) is 15.4. The van der Waals surface area contributed by atoms with Crippen molar-refractivity contribution in [2.24, 2.45) is 0 Å². The summed E-state index contributed by atoms with van der Waals surface area (Å²) in [6, 6.07) is 6.06. The first-order valence-electron chi connectivity index (χ1n) is 7.41. The summed E-state index contributed by atoms with van der Waals surface area (Å²) >= 11 is 2.26. The SMILES string of the molecule is Cc1cc(I)ccc1NC(=O)CN(C)C1CCCCC1O. The van der Waals surface area contributed by atoms with Gasteiger partial charge in [0.1, 0.15) is 0 Å². The van der Waals surface area contributed by atoms with Gasteiger partial charge in [-0.15, -0.1) is 0 Å². The molecule has 2 rings (SSSR count). The Morgan fingerprint density at radius 1 is 1.43 bits per heavy atom. The molecule has 2 N–H and O–H groups in total. The molecule has 0 radical (unpaired) electrons. The second-order valence-electron chi connectivity index (χ2n) is 5.84. The van der Waals surface area contributed by atoms with E-state index >= 15 is 0 Å². The third-order valence-corrected chi connectivity index (χ3v) is 4.79. The van der Waals surface area contributed by atoms with Crippen molar-refractivity contribution in [3.05, 3.63) is 27.3 Å². The topological polar surface area (TPSA) is 52.6 Å². The minimum Gasteiger partial charge on any atom is -0.391 e. The number of halogens is 1. The molecule has 5 heteroatoms. The third kappa shape index (κ3) is 4.66. The molecule has 0 spiro atoms. The molecule has 2 unspecified atom stereocenters. The van der Waals surface area contributed by atoms with Crippen LogP contribution in [0.2, 0.25) is 0 Å². The lowest BCUT2D eigenvalue weighted by atomic mass is 9.91. The minimum atomic E-state index is -0.309. The predicted molar refractivity (Wildman–Crippen MR) is 93.4 cm³/mol. The van der Waals surface area contributed by atoms with Crippen molar-refractivity contribution in [3.63, 3.8) is 0 Å². The number of amides is 1. The van der Waals surface area contributed by atoms with Gasteiger partial charge in [0.2, 0.25) is 5.91 Å². The lowest BCUT2D eigenvalue weighted by Gasteiger charge is -2.34. The van der Waals surface area contributed by atoms with Crippen LogP contribution in [0.4, 0.5) is 5.69 Å². The molecule has 0 saturated heterocycles. The van der Waals surface area contributed by atoms with E-state index in [1.54, 1.807) is 0 Å². The van der Waals surface area contributed by atoms with Crippen LogP contribution in [0.3, 0.4) is 0 Å². The van der Waals surface area contributed by atoms with Crippen LogP contribution in [0.5, 0.6) is 0 Å². The molecule has 0 aliphatic heterocycles. The first-order chi connectivity index (χ1) is 9.97. The fourth-order valence-corrected chi connectivity index (χ4v) is 3.55. The zero-order valence-electron chi connectivity index (χ0n) is 12.6. The van der Waals surface area contributed by atoms with E-state index < -0.39 is 0 Å². The number of aliphatic hydroxyl groups excluding tert-OH is 1. The highest BCUT2D eigenvalue weighted by Gasteiger charge is 2.27. The number of carbonyl (C=O) groups excluding carboxylic acids is 1. The van der Waals surface area contributed by atoms with Crippen LogP contribution >= 0.6 is 22.6 Å². The quantitative estimate of drug-likeness (QED) is 0.762. The Labute approximate surface area is 140 Å². The van der Waals surface area contributed by atoms with Gasteiger partial charge >= 0.3 is 0 Å². The van der Waals surface area contributed by atoms with E-state index in [9.17, 15) is 9.90 Å². The van der Waals surface area contributed by atoms with Crippen LogP contribution in [0, 0.1) is 10.5 Å². The van der Waals surface area contributed by atoms with Crippen LogP contribution in [0.25, 0.3) is 0 Å². The molecule has 2 atom stereocenters. The second kappa shape index (κ2) is 7.56. The largest absolute Gasteiger partial charge is 0.391 e. The number of anilines is 1. The second-order valence-corrected chi connectivity index (χ2v) is 7.09. The van der Waals surface area contributed by atoms with Crippen LogP contribution in [0.15, 0.2) is 18.2 Å². The van der Waals surface area contributed by atoms with Crippen LogP contribution in [0.1, 0.15) is 31.2 Å². The maximum Gasteiger partial charge on any atom is 0.238 e. The smallest absolute Gasteiger partial charge is 0.238 e. The number of hydrogen-bond acceptors (Lipinski definition) is 3. The van der Waals surface area contributed by atoms with Crippen molar-refractivity contribution < 1.29 is 9.90 Å². The van der Waals surface area contributed by atoms with Gasteiger partial charge in [-0.05, 0) is 73.2 Å². The fraction of sp³-hybridized carbons (Fsp3) is 0.562. The van der Waals surface area contributed by atoms with Crippen molar-refractivity contribution in [2.75, 3.05) is 18.9 Å². The van der Waals surface area contributed by atoms with Crippen LogP contribution < -0.4 is 5.32 Å². The molecule has 1 aliphatic rings. The van der Waals surface area contributed by atoms with Gasteiger partial charge in [-0.3, -0.25) is 9.69 Å². The molecule has 1 amide bonds. The van der Waals surface area contributed by atoms with Crippen molar-refractivity contribution >= 4 is 34.2 Å². The summed E-state index contributed by atoms with van der Waals surface area (Å²) in [6.45, 7) is 2.31. The molecule has 1 aromatic rings. The Hall–Kier alpha value is -0.660. The van der Waals surface area contributed by atoms with Crippen molar-refractivity contribution in [2.45, 2.75) is 44.8 Å². The summed E-state index contributed by atoms with van der Waals surface area (Å²) in [5.74, 6) is -0.0282. The molecule has 0 bridgehead atoms. The maximum atomic E-state index is 12.2.